The minimum atomic E-state index is -1.07. The molecule has 7 rings (SSSR count). The summed E-state index contributed by atoms with van der Waals surface area (Å²) < 4.78 is 30.1. The van der Waals surface area contributed by atoms with Crippen LogP contribution in [0.4, 0.5) is 0 Å². The number of cyclic esters (lactones) is 1. The van der Waals surface area contributed by atoms with E-state index < -0.39 is 28.7 Å². The molecule has 0 aromatic rings. The van der Waals surface area contributed by atoms with E-state index in [0.29, 0.717) is 45.1 Å². The third-order valence-corrected chi connectivity index (χ3v) is 12.9. The topological polar surface area (TPSA) is 124 Å². The van der Waals surface area contributed by atoms with Crippen LogP contribution < -0.4 is 0 Å². The maximum atomic E-state index is 12.5. The summed E-state index contributed by atoms with van der Waals surface area (Å²) in [6.45, 7) is 8.26. The highest BCUT2D eigenvalue weighted by molar-refractivity contribution is 5.85. The Labute approximate surface area is 242 Å². The van der Waals surface area contributed by atoms with Crippen LogP contribution in [0.1, 0.15) is 91.9 Å². The van der Waals surface area contributed by atoms with E-state index in [1.165, 1.54) is 0 Å². The number of aliphatic hydroxyl groups excluding tert-OH is 1. The summed E-state index contributed by atoms with van der Waals surface area (Å²) in [5.74, 6) is -0.781. The smallest absolute Gasteiger partial charge is 0.331 e. The molecular formula is C32H48O9. The van der Waals surface area contributed by atoms with E-state index in [2.05, 4.69) is 6.92 Å². The lowest BCUT2D eigenvalue weighted by Crippen LogP contribution is -2.69. The molecule has 2 saturated heterocycles. The lowest BCUT2D eigenvalue weighted by atomic mass is 9.41. The molecular weight excluding hydrogens is 528 g/mol. The molecule has 9 nitrogen and oxygen atoms in total. The molecule has 41 heavy (non-hydrogen) atoms. The average Bonchev–Trinajstić information content (AvgIpc) is 3.55. The summed E-state index contributed by atoms with van der Waals surface area (Å²) in [6.07, 6.45) is 7.46. The van der Waals surface area contributed by atoms with Crippen LogP contribution in [0.25, 0.3) is 0 Å². The van der Waals surface area contributed by atoms with Crippen LogP contribution in [0.15, 0.2) is 11.6 Å². The van der Waals surface area contributed by atoms with Gasteiger partial charge < -0.3 is 39.0 Å². The van der Waals surface area contributed by atoms with Crippen LogP contribution in [0, 0.1) is 28.6 Å². The molecule has 0 aromatic heterocycles. The van der Waals surface area contributed by atoms with E-state index in [1.54, 1.807) is 6.08 Å². The Morgan fingerprint density at radius 3 is 2.51 bits per heavy atom. The molecule has 230 valence electrons. The van der Waals surface area contributed by atoms with Crippen molar-refractivity contribution in [3.8, 4) is 0 Å². The first-order valence-electron chi connectivity index (χ1n) is 15.9. The zero-order valence-electron chi connectivity index (χ0n) is 25.0. The van der Waals surface area contributed by atoms with Crippen molar-refractivity contribution in [3.05, 3.63) is 11.6 Å². The molecule has 12 atom stereocenters. The summed E-state index contributed by atoms with van der Waals surface area (Å²) in [5.41, 5.74) is -1.98. The Bertz CT molecular complexity index is 1110. The van der Waals surface area contributed by atoms with Crippen molar-refractivity contribution in [2.75, 3.05) is 13.2 Å². The van der Waals surface area contributed by atoms with Gasteiger partial charge in [0.05, 0.1) is 36.1 Å². The molecule has 3 heterocycles. The summed E-state index contributed by atoms with van der Waals surface area (Å²) in [5, 5.41) is 35.8. The molecule has 4 saturated carbocycles. The maximum absolute atomic E-state index is 12.5. The van der Waals surface area contributed by atoms with Gasteiger partial charge in [-0.3, -0.25) is 0 Å². The first-order chi connectivity index (χ1) is 19.3. The third kappa shape index (κ3) is 4.09. The fourth-order valence-electron chi connectivity index (χ4n) is 10.9. The second-order valence-corrected chi connectivity index (χ2v) is 15.0. The number of esters is 1. The number of rotatable bonds is 4. The van der Waals surface area contributed by atoms with Crippen LogP contribution in [0.2, 0.25) is 0 Å². The maximum Gasteiger partial charge on any atom is 0.331 e. The van der Waals surface area contributed by atoms with Crippen LogP contribution in [0.5, 0.6) is 0 Å². The van der Waals surface area contributed by atoms with Gasteiger partial charge in [-0.15, -0.1) is 0 Å². The van der Waals surface area contributed by atoms with Crippen molar-refractivity contribution in [1.82, 2.24) is 0 Å². The minimum Gasteiger partial charge on any atom is -0.458 e. The van der Waals surface area contributed by atoms with E-state index in [-0.39, 0.29) is 60.2 Å². The van der Waals surface area contributed by atoms with E-state index in [9.17, 15) is 20.1 Å². The Hall–Kier alpha value is -1.07. The van der Waals surface area contributed by atoms with E-state index in [1.807, 2.05) is 20.8 Å². The van der Waals surface area contributed by atoms with Gasteiger partial charge in [-0.25, -0.2) is 4.79 Å². The fraction of sp³-hybridized carbons (Fsp3) is 0.906. The number of carbonyl (C=O) groups excluding carboxylic acids is 1. The molecule has 0 amide bonds. The average molecular weight is 577 g/mol. The largest absolute Gasteiger partial charge is 0.458 e. The standard InChI is InChI=1S/C32H48O9/c1-18-27-24(40-28(2,3)41-27)14-26(38-18)39-20-5-10-30(17-33)22-6-9-29(4)21(19-13-25(34)37-16-19)8-12-32(29,36)23(22)7-11-31(30,35)15-20/h13,18,20-24,26-27,33,35-36H,5-12,14-17H2,1-4H3/t18?,20-,21-,22?,23?,24?,26+,27-,29-,30+,31+,32+/m1/s1. The van der Waals surface area contributed by atoms with Crippen LogP contribution >= 0.6 is 0 Å². The summed E-state index contributed by atoms with van der Waals surface area (Å²) in [4.78, 5) is 11.9. The van der Waals surface area contributed by atoms with Gasteiger partial charge in [0.2, 0.25) is 0 Å². The normalized spacial score (nSPS) is 54.0. The van der Waals surface area contributed by atoms with Crippen molar-refractivity contribution in [3.63, 3.8) is 0 Å². The SMILES string of the molecule is CC1O[C@@H](O[C@@H]2CC[C@]3(CO)C4CC[C@]5(C)[C@@H](C6=CC(=O)OC6)CC[C@]5(O)C4CC[C@]3(O)C2)CC2OC(C)(C)O[C@H]12. The lowest BCUT2D eigenvalue weighted by molar-refractivity contribution is -0.292. The van der Waals surface area contributed by atoms with Crippen molar-refractivity contribution in [2.45, 2.75) is 140 Å². The van der Waals surface area contributed by atoms with Crippen LogP contribution in [-0.4, -0.2) is 82.2 Å². The van der Waals surface area contributed by atoms with Gasteiger partial charge in [-0.1, -0.05) is 6.92 Å². The zero-order chi connectivity index (χ0) is 29.0. The summed E-state index contributed by atoms with van der Waals surface area (Å²) in [7, 11) is 0. The number of fused-ring (bicyclic) bond motifs is 6. The predicted molar refractivity (Wildman–Crippen MR) is 146 cm³/mol. The first-order valence-corrected chi connectivity index (χ1v) is 15.9. The Morgan fingerprint density at radius 1 is 1.00 bits per heavy atom. The van der Waals surface area contributed by atoms with Gasteiger partial charge >= 0.3 is 5.97 Å². The molecule has 7 aliphatic rings. The molecule has 3 N–H and O–H groups in total. The Kier molecular flexibility index (Phi) is 6.62. The number of hydrogen-bond donors (Lipinski definition) is 3. The zero-order valence-corrected chi connectivity index (χ0v) is 25.0. The third-order valence-electron chi connectivity index (χ3n) is 12.9. The van der Waals surface area contributed by atoms with E-state index in [4.69, 9.17) is 23.7 Å². The second-order valence-electron chi connectivity index (χ2n) is 15.0. The van der Waals surface area contributed by atoms with E-state index >= 15 is 0 Å². The number of aliphatic hydroxyl groups is 3. The monoisotopic (exact) mass is 576 g/mol. The number of hydrogen-bond acceptors (Lipinski definition) is 9. The summed E-state index contributed by atoms with van der Waals surface area (Å²) in [6, 6.07) is 0. The van der Waals surface area contributed by atoms with Crippen molar-refractivity contribution in [2.24, 2.45) is 28.6 Å². The summed E-state index contributed by atoms with van der Waals surface area (Å²) >= 11 is 0. The second kappa shape index (κ2) is 9.46. The van der Waals surface area contributed by atoms with Crippen LogP contribution in [0.3, 0.4) is 0 Å². The molecule has 4 unspecified atom stereocenters. The van der Waals surface area contributed by atoms with Crippen LogP contribution in [-0.2, 0) is 28.5 Å². The van der Waals surface area contributed by atoms with Gasteiger partial charge in [0.1, 0.15) is 12.7 Å². The van der Waals surface area contributed by atoms with E-state index in [0.717, 1.165) is 31.3 Å². The predicted octanol–water partition coefficient (Wildman–Crippen LogP) is 3.37. The molecule has 6 fully saturated rings. The van der Waals surface area contributed by atoms with Crippen molar-refractivity contribution < 1.29 is 43.8 Å². The van der Waals surface area contributed by atoms with Crippen molar-refractivity contribution >= 4 is 5.97 Å². The molecule has 0 radical (unpaired) electrons. The highest BCUT2D eigenvalue weighted by Crippen LogP contribution is 2.70. The molecule has 0 aromatic carbocycles. The highest BCUT2D eigenvalue weighted by atomic mass is 16.8. The van der Waals surface area contributed by atoms with Gasteiger partial charge in [0, 0.05) is 29.7 Å². The quantitative estimate of drug-likeness (QED) is 0.341. The van der Waals surface area contributed by atoms with Crippen molar-refractivity contribution in [1.29, 1.82) is 0 Å². The Morgan fingerprint density at radius 2 is 1.78 bits per heavy atom. The number of carbonyl (C=O) groups is 1. The molecule has 0 spiro atoms. The van der Waals surface area contributed by atoms with Gasteiger partial charge in [-0.05, 0) is 95.5 Å². The van der Waals surface area contributed by atoms with Gasteiger partial charge in [0.15, 0.2) is 12.1 Å². The lowest BCUT2D eigenvalue weighted by Gasteiger charge is -2.66. The Balaban J connectivity index is 1.08. The minimum absolute atomic E-state index is 0.00269. The fourth-order valence-corrected chi connectivity index (χ4v) is 10.9. The highest BCUT2D eigenvalue weighted by Gasteiger charge is 2.71. The van der Waals surface area contributed by atoms with Gasteiger partial charge in [0.25, 0.3) is 0 Å². The number of ether oxygens (including phenoxy) is 5. The first kappa shape index (κ1) is 28.7. The molecule has 0 bridgehead atoms. The molecule has 9 heteroatoms. The molecule has 4 aliphatic carbocycles. The van der Waals surface area contributed by atoms with Gasteiger partial charge in [-0.2, -0.15) is 0 Å². The molecule has 3 aliphatic heterocycles.